The lowest BCUT2D eigenvalue weighted by Crippen LogP contribution is -2.62. The topological polar surface area (TPSA) is 92.4 Å². The normalized spacial score (nSPS) is 18.0. The molecule has 0 aliphatic carbocycles. The van der Waals surface area contributed by atoms with Crippen LogP contribution >= 0.6 is 0 Å². The molecular formula is C9H12N4O3. The Morgan fingerprint density at radius 2 is 2.12 bits per heavy atom. The molecule has 1 N–H and O–H groups in total. The van der Waals surface area contributed by atoms with Crippen molar-refractivity contribution < 1.29 is 10.0 Å². The molecule has 0 unspecified atom stereocenters. The van der Waals surface area contributed by atoms with Gasteiger partial charge in [0.1, 0.15) is 12.4 Å². The van der Waals surface area contributed by atoms with Crippen LogP contribution in [0.4, 0.5) is 11.6 Å². The Balaban J connectivity index is 2.05. The van der Waals surface area contributed by atoms with E-state index in [0.29, 0.717) is 25.5 Å². The Morgan fingerprint density at radius 1 is 1.56 bits per heavy atom. The minimum absolute atomic E-state index is 0.130. The van der Waals surface area contributed by atoms with E-state index in [2.05, 4.69) is 9.97 Å². The van der Waals surface area contributed by atoms with Crippen LogP contribution in [0.3, 0.4) is 0 Å². The van der Waals surface area contributed by atoms with Gasteiger partial charge >= 0.3 is 5.69 Å². The third-order valence-electron chi connectivity index (χ3n) is 2.75. The summed E-state index contributed by atoms with van der Waals surface area (Å²) in [5.41, 5.74) is -0.791. The summed E-state index contributed by atoms with van der Waals surface area (Å²) in [5, 5.41) is 20.2. The lowest BCUT2D eigenvalue weighted by atomic mass is 9.92. The van der Waals surface area contributed by atoms with Crippen molar-refractivity contribution >= 4 is 11.6 Å². The Hall–Kier alpha value is -1.76. The highest BCUT2D eigenvalue weighted by Gasteiger charge is 2.40. The monoisotopic (exact) mass is 224 g/mol. The minimum Gasteiger partial charge on any atom is -0.386 e. The van der Waals surface area contributed by atoms with E-state index in [1.54, 1.807) is 4.90 Å². The maximum absolute atomic E-state index is 10.4. The third kappa shape index (κ3) is 1.81. The predicted octanol–water partition coefficient (Wildman–Crippen LogP) is 0.346. The molecule has 0 amide bonds. The van der Waals surface area contributed by atoms with Crippen molar-refractivity contribution in [1.82, 2.24) is 9.97 Å². The molecule has 0 saturated carbocycles. The quantitative estimate of drug-likeness (QED) is 0.588. The second-order valence-electron chi connectivity index (χ2n) is 3.93. The van der Waals surface area contributed by atoms with Gasteiger partial charge < -0.3 is 10.0 Å². The Bertz CT molecular complexity index is 400. The largest absolute Gasteiger partial charge is 0.386 e. The molecule has 1 aliphatic rings. The minimum atomic E-state index is -0.662. The highest BCUT2D eigenvalue weighted by molar-refractivity contribution is 5.39. The number of hydrogen-bond donors (Lipinski definition) is 1. The van der Waals surface area contributed by atoms with E-state index in [4.69, 9.17) is 0 Å². The number of aliphatic hydroxyl groups is 1. The van der Waals surface area contributed by atoms with Crippen molar-refractivity contribution in [2.24, 2.45) is 0 Å². The molecule has 7 heteroatoms. The Morgan fingerprint density at radius 3 is 2.56 bits per heavy atom. The van der Waals surface area contributed by atoms with Crippen molar-refractivity contribution in [1.29, 1.82) is 0 Å². The van der Waals surface area contributed by atoms with Crippen LogP contribution in [0.15, 0.2) is 12.4 Å². The first-order valence-electron chi connectivity index (χ1n) is 4.98. The smallest absolute Gasteiger partial charge is 0.305 e. The fourth-order valence-corrected chi connectivity index (χ4v) is 1.60. The number of rotatable bonds is 3. The summed E-state index contributed by atoms with van der Waals surface area (Å²) in [6.45, 7) is 2.86. The zero-order valence-electron chi connectivity index (χ0n) is 8.83. The van der Waals surface area contributed by atoms with Gasteiger partial charge in [-0.25, -0.2) is 9.97 Å². The van der Waals surface area contributed by atoms with Crippen LogP contribution in [0.5, 0.6) is 0 Å². The van der Waals surface area contributed by atoms with E-state index in [1.165, 1.54) is 12.4 Å². The molecule has 0 radical (unpaired) electrons. The highest BCUT2D eigenvalue weighted by Crippen LogP contribution is 2.27. The van der Waals surface area contributed by atoms with Crippen molar-refractivity contribution in [3.05, 3.63) is 22.5 Å². The van der Waals surface area contributed by atoms with E-state index >= 15 is 0 Å². The maximum Gasteiger partial charge on any atom is 0.305 e. The molecular weight excluding hydrogens is 212 g/mol. The SMILES string of the molecule is CCC1(O)CN(c2ncc([N+](=O)[O-])cn2)C1. The molecule has 1 aromatic heterocycles. The third-order valence-corrected chi connectivity index (χ3v) is 2.75. The van der Waals surface area contributed by atoms with Gasteiger partial charge in [-0.2, -0.15) is 0 Å². The van der Waals surface area contributed by atoms with Crippen molar-refractivity contribution in [3.63, 3.8) is 0 Å². The van der Waals surface area contributed by atoms with Gasteiger partial charge in [-0.05, 0) is 6.42 Å². The summed E-state index contributed by atoms with van der Waals surface area (Å²) in [6, 6.07) is 0. The standard InChI is InChI=1S/C9H12N4O3/c1-2-9(14)5-12(6-9)8-10-3-7(4-11-8)13(15)16/h3-4,14H,2,5-6H2,1H3. The average molecular weight is 224 g/mol. The van der Waals surface area contributed by atoms with Gasteiger partial charge in [0.05, 0.1) is 23.6 Å². The summed E-state index contributed by atoms with van der Waals surface area (Å²) >= 11 is 0. The Kier molecular flexibility index (Phi) is 2.47. The van der Waals surface area contributed by atoms with Crippen LogP contribution in [0.25, 0.3) is 0 Å². The van der Waals surface area contributed by atoms with Gasteiger partial charge in [0, 0.05) is 0 Å². The zero-order chi connectivity index (χ0) is 11.8. The predicted molar refractivity (Wildman–Crippen MR) is 56.1 cm³/mol. The van der Waals surface area contributed by atoms with Crippen LogP contribution in [0, 0.1) is 10.1 Å². The fraction of sp³-hybridized carbons (Fsp3) is 0.556. The molecule has 1 aliphatic heterocycles. The van der Waals surface area contributed by atoms with Gasteiger partial charge in [-0.3, -0.25) is 10.1 Å². The van der Waals surface area contributed by atoms with Crippen molar-refractivity contribution in [2.75, 3.05) is 18.0 Å². The molecule has 86 valence electrons. The van der Waals surface area contributed by atoms with Crippen LogP contribution in [0.1, 0.15) is 13.3 Å². The molecule has 1 fully saturated rings. The number of anilines is 1. The van der Waals surface area contributed by atoms with Crippen LogP contribution in [-0.2, 0) is 0 Å². The van der Waals surface area contributed by atoms with E-state index in [0.717, 1.165) is 0 Å². The Labute approximate surface area is 91.9 Å². The summed E-state index contributed by atoms with van der Waals surface area (Å²) in [6.07, 6.45) is 3.02. The van der Waals surface area contributed by atoms with Gasteiger partial charge in [-0.15, -0.1) is 0 Å². The molecule has 0 aromatic carbocycles. The molecule has 0 atom stereocenters. The van der Waals surface area contributed by atoms with Gasteiger partial charge in [0.25, 0.3) is 0 Å². The molecule has 2 heterocycles. The number of nitrogens with zero attached hydrogens (tertiary/aromatic N) is 4. The number of β-amino-alcohol motifs (C(OH)–C–C–N with tert-alkyl or cyclic N) is 1. The number of aromatic nitrogens is 2. The number of nitro groups is 1. The zero-order valence-corrected chi connectivity index (χ0v) is 8.83. The summed E-state index contributed by atoms with van der Waals surface area (Å²) in [4.78, 5) is 19.4. The lowest BCUT2D eigenvalue weighted by Gasteiger charge is -2.45. The maximum atomic E-state index is 10.4. The first kappa shape index (κ1) is 10.7. The lowest BCUT2D eigenvalue weighted by molar-refractivity contribution is -0.385. The molecule has 1 aromatic rings. The van der Waals surface area contributed by atoms with E-state index < -0.39 is 10.5 Å². The summed E-state index contributed by atoms with van der Waals surface area (Å²) < 4.78 is 0. The summed E-state index contributed by atoms with van der Waals surface area (Å²) in [7, 11) is 0. The van der Waals surface area contributed by atoms with Crippen LogP contribution < -0.4 is 4.90 Å². The van der Waals surface area contributed by atoms with Gasteiger partial charge in [0.15, 0.2) is 0 Å². The molecule has 7 nitrogen and oxygen atoms in total. The van der Waals surface area contributed by atoms with Gasteiger partial charge in [0.2, 0.25) is 5.95 Å². The summed E-state index contributed by atoms with van der Waals surface area (Å²) in [5.74, 6) is 0.420. The molecule has 16 heavy (non-hydrogen) atoms. The van der Waals surface area contributed by atoms with Crippen LogP contribution in [-0.4, -0.2) is 38.7 Å². The van der Waals surface area contributed by atoms with Crippen LogP contribution in [0.2, 0.25) is 0 Å². The van der Waals surface area contributed by atoms with Gasteiger partial charge in [-0.1, -0.05) is 6.92 Å². The second-order valence-corrected chi connectivity index (χ2v) is 3.93. The second kappa shape index (κ2) is 3.67. The average Bonchev–Trinajstić information content (AvgIpc) is 2.25. The van der Waals surface area contributed by atoms with Crippen molar-refractivity contribution in [3.8, 4) is 0 Å². The highest BCUT2D eigenvalue weighted by atomic mass is 16.6. The van der Waals surface area contributed by atoms with E-state index in [9.17, 15) is 15.2 Å². The van der Waals surface area contributed by atoms with E-state index in [1.807, 2.05) is 6.92 Å². The molecule has 0 bridgehead atoms. The molecule has 2 rings (SSSR count). The first-order chi connectivity index (χ1) is 7.54. The fourth-order valence-electron chi connectivity index (χ4n) is 1.60. The van der Waals surface area contributed by atoms with Crippen molar-refractivity contribution in [2.45, 2.75) is 18.9 Å². The molecule has 0 spiro atoms. The molecule has 1 saturated heterocycles. The number of hydrogen-bond acceptors (Lipinski definition) is 6. The first-order valence-corrected chi connectivity index (χ1v) is 4.98. The van der Waals surface area contributed by atoms with E-state index in [-0.39, 0.29) is 5.69 Å².